The Kier molecular flexibility index (Phi) is 6.48. The molecule has 0 fully saturated rings. The highest BCUT2D eigenvalue weighted by molar-refractivity contribution is 7.80. The molecule has 88 valence electrons. The van der Waals surface area contributed by atoms with E-state index in [1.807, 2.05) is 20.8 Å². The number of unbranched alkanes of at least 4 members (excludes halogenated alkanes) is 1. The average molecular weight is 230 g/mol. The Balaban J connectivity index is 3.60. The number of nitrogens with one attached hydrogen (secondary N) is 1. The summed E-state index contributed by atoms with van der Waals surface area (Å²) in [6, 6.07) is 0. The van der Waals surface area contributed by atoms with Gasteiger partial charge in [-0.2, -0.15) is 0 Å². The van der Waals surface area contributed by atoms with Crippen molar-refractivity contribution in [2.75, 3.05) is 6.54 Å². The van der Waals surface area contributed by atoms with Crippen molar-refractivity contribution in [2.45, 2.75) is 46.5 Å². The van der Waals surface area contributed by atoms with E-state index >= 15 is 0 Å². The van der Waals surface area contributed by atoms with Crippen molar-refractivity contribution >= 4 is 23.1 Å². The van der Waals surface area contributed by atoms with Gasteiger partial charge in [-0.25, -0.2) is 0 Å². The van der Waals surface area contributed by atoms with E-state index in [1.54, 1.807) is 0 Å². The Morgan fingerprint density at radius 3 is 2.47 bits per heavy atom. The second-order valence-corrected chi connectivity index (χ2v) is 4.94. The minimum absolute atomic E-state index is 0.125. The van der Waals surface area contributed by atoms with Crippen LogP contribution in [0.3, 0.4) is 0 Å². The van der Waals surface area contributed by atoms with Gasteiger partial charge in [0.15, 0.2) is 0 Å². The van der Waals surface area contributed by atoms with Gasteiger partial charge in [0, 0.05) is 12.0 Å². The number of hydrogen-bond acceptors (Lipinski definition) is 2. The van der Waals surface area contributed by atoms with Gasteiger partial charge in [-0.05, 0) is 25.7 Å². The van der Waals surface area contributed by atoms with Gasteiger partial charge in [0.05, 0.1) is 4.99 Å². The van der Waals surface area contributed by atoms with Crippen molar-refractivity contribution in [3.8, 4) is 0 Å². The van der Waals surface area contributed by atoms with E-state index in [0.29, 0.717) is 11.5 Å². The molecule has 0 atom stereocenters. The summed E-state index contributed by atoms with van der Waals surface area (Å²) >= 11 is 4.77. The Morgan fingerprint density at radius 2 is 2.00 bits per heavy atom. The molecule has 0 aliphatic carbocycles. The van der Waals surface area contributed by atoms with Crippen LogP contribution in [0.1, 0.15) is 46.5 Å². The molecular formula is C11H22N2OS. The maximum absolute atomic E-state index is 11.6. The Morgan fingerprint density at radius 1 is 1.40 bits per heavy atom. The molecule has 15 heavy (non-hydrogen) atoms. The summed E-state index contributed by atoms with van der Waals surface area (Å²) in [5.74, 6) is 0.125. The standard InChI is InChI=1S/C11H22N2OS/c1-4-11(2,3)10(14)13-8-6-5-7-9(12)15/h4-8H2,1-3H3,(H2,12,15)(H,13,14). The lowest BCUT2D eigenvalue weighted by Gasteiger charge is -2.21. The van der Waals surface area contributed by atoms with Crippen molar-refractivity contribution in [3.63, 3.8) is 0 Å². The molecule has 3 N–H and O–H groups in total. The summed E-state index contributed by atoms with van der Waals surface area (Å²) in [5.41, 5.74) is 5.11. The minimum atomic E-state index is -0.261. The smallest absolute Gasteiger partial charge is 0.225 e. The highest BCUT2D eigenvalue weighted by Crippen LogP contribution is 2.19. The highest BCUT2D eigenvalue weighted by atomic mass is 32.1. The molecule has 0 aliphatic rings. The molecule has 0 saturated heterocycles. The van der Waals surface area contributed by atoms with Crippen LogP contribution in [-0.4, -0.2) is 17.4 Å². The van der Waals surface area contributed by atoms with Gasteiger partial charge >= 0.3 is 0 Å². The third kappa shape index (κ3) is 6.44. The van der Waals surface area contributed by atoms with Gasteiger partial charge in [0.25, 0.3) is 0 Å². The zero-order valence-corrected chi connectivity index (χ0v) is 10.7. The molecule has 0 aliphatic heterocycles. The van der Waals surface area contributed by atoms with E-state index in [0.717, 1.165) is 25.7 Å². The number of hydrogen-bond donors (Lipinski definition) is 2. The Labute approximate surface area is 97.8 Å². The van der Waals surface area contributed by atoms with Crippen LogP contribution in [0.2, 0.25) is 0 Å². The van der Waals surface area contributed by atoms with Crippen LogP contribution in [0.25, 0.3) is 0 Å². The van der Waals surface area contributed by atoms with Crippen molar-refractivity contribution in [3.05, 3.63) is 0 Å². The first-order chi connectivity index (χ1) is 6.90. The van der Waals surface area contributed by atoms with Crippen LogP contribution in [-0.2, 0) is 4.79 Å². The summed E-state index contributed by atoms with van der Waals surface area (Å²) in [6.07, 6.45) is 3.50. The molecule has 4 heteroatoms. The van der Waals surface area contributed by atoms with Gasteiger partial charge < -0.3 is 11.1 Å². The van der Waals surface area contributed by atoms with Crippen LogP contribution in [0.5, 0.6) is 0 Å². The number of amides is 1. The number of carbonyl (C=O) groups is 1. The SMILES string of the molecule is CCC(C)(C)C(=O)NCCCCC(N)=S. The summed E-state index contributed by atoms with van der Waals surface area (Å²) in [7, 11) is 0. The summed E-state index contributed by atoms with van der Waals surface area (Å²) in [4.78, 5) is 12.2. The van der Waals surface area contributed by atoms with Crippen molar-refractivity contribution in [1.29, 1.82) is 0 Å². The van der Waals surface area contributed by atoms with Crippen LogP contribution in [0.15, 0.2) is 0 Å². The van der Waals surface area contributed by atoms with Crippen molar-refractivity contribution < 1.29 is 4.79 Å². The molecule has 0 radical (unpaired) electrons. The number of nitrogens with two attached hydrogens (primary N) is 1. The molecule has 1 amide bonds. The predicted molar refractivity (Wildman–Crippen MR) is 67.7 cm³/mol. The second-order valence-electron chi connectivity index (χ2n) is 4.42. The van der Waals surface area contributed by atoms with Gasteiger partial charge in [0.1, 0.15) is 0 Å². The zero-order chi connectivity index (χ0) is 11.9. The van der Waals surface area contributed by atoms with Crippen LogP contribution in [0, 0.1) is 5.41 Å². The van der Waals surface area contributed by atoms with Crippen molar-refractivity contribution in [1.82, 2.24) is 5.32 Å². The second kappa shape index (κ2) is 6.77. The fourth-order valence-corrected chi connectivity index (χ4v) is 1.17. The molecule has 0 heterocycles. The molecule has 0 aromatic heterocycles. The van der Waals surface area contributed by atoms with E-state index in [2.05, 4.69) is 5.32 Å². The quantitative estimate of drug-likeness (QED) is 0.519. The van der Waals surface area contributed by atoms with Gasteiger partial charge in [0.2, 0.25) is 5.91 Å². The maximum Gasteiger partial charge on any atom is 0.225 e. The zero-order valence-electron chi connectivity index (χ0n) is 9.93. The summed E-state index contributed by atoms with van der Waals surface area (Å²) in [5, 5.41) is 2.92. The predicted octanol–water partition coefficient (Wildman–Crippen LogP) is 2.00. The number of carbonyl (C=O) groups excluding carboxylic acids is 1. The molecule has 0 saturated carbocycles. The van der Waals surface area contributed by atoms with E-state index in [9.17, 15) is 4.79 Å². The first-order valence-electron chi connectivity index (χ1n) is 5.46. The third-order valence-electron chi connectivity index (χ3n) is 2.63. The molecule has 0 spiro atoms. The molecule has 0 aromatic rings. The van der Waals surface area contributed by atoms with Crippen LogP contribution < -0.4 is 11.1 Å². The normalized spacial score (nSPS) is 11.1. The largest absolute Gasteiger partial charge is 0.393 e. The molecule has 0 bridgehead atoms. The van der Waals surface area contributed by atoms with E-state index in [-0.39, 0.29) is 11.3 Å². The highest BCUT2D eigenvalue weighted by Gasteiger charge is 2.24. The Hall–Kier alpha value is -0.640. The number of rotatable bonds is 7. The van der Waals surface area contributed by atoms with E-state index < -0.39 is 0 Å². The van der Waals surface area contributed by atoms with Gasteiger partial charge in [-0.1, -0.05) is 33.0 Å². The lowest BCUT2D eigenvalue weighted by atomic mass is 9.89. The summed E-state index contributed by atoms with van der Waals surface area (Å²) in [6.45, 7) is 6.64. The number of thiocarbonyl (C=S) groups is 1. The summed E-state index contributed by atoms with van der Waals surface area (Å²) < 4.78 is 0. The maximum atomic E-state index is 11.6. The Bertz CT molecular complexity index is 227. The van der Waals surface area contributed by atoms with E-state index in [1.165, 1.54) is 0 Å². The van der Waals surface area contributed by atoms with Crippen molar-refractivity contribution in [2.24, 2.45) is 11.1 Å². The van der Waals surface area contributed by atoms with Crippen LogP contribution >= 0.6 is 12.2 Å². The monoisotopic (exact) mass is 230 g/mol. The lowest BCUT2D eigenvalue weighted by Crippen LogP contribution is -2.36. The fraction of sp³-hybridized carbons (Fsp3) is 0.818. The first kappa shape index (κ1) is 14.4. The molecule has 3 nitrogen and oxygen atoms in total. The lowest BCUT2D eigenvalue weighted by molar-refractivity contribution is -0.129. The minimum Gasteiger partial charge on any atom is -0.393 e. The van der Waals surface area contributed by atoms with Gasteiger partial charge in [-0.15, -0.1) is 0 Å². The molecule has 0 rings (SSSR count). The fourth-order valence-electron chi connectivity index (χ4n) is 1.03. The molecular weight excluding hydrogens is 208 g/mol. The average Bonchev–Trinajstić information content (AvgIpc) is 2.16. The molecule has 0 aromatic carbocycles. The third-order valence-corrected chi connectivity index (χ3v) is 2.84. The topological polar surface area (TPSA) is 55.1 Å². The van der Waals surface area contributed by atoms with E-state index in [4.69, 9.17) is 18.0 Å². The van der Waals surface area contributed by atoms with Crippen LogP contribution in [0.4, 0.5) is 0 Å². The molecule has 0 unspecified atom stereocenters. The van der Waals surface area contributed by atoms with Gasteiger partial charge in [-0.3, -0.25) is 4.79 Å². The first-order valence-corrected chi connectivity index (χ1v) is 5.87.